The van der Waals surface area contributed by atoms with Crippen LogP contribution >= 0.6 is 27.5 Å². The summed E-state index contributed by atoms with van der Waals surface area (Å²) >= 11 is 9.22. The van der Waals surface area contributed by atoms with Gasteiger partial charge in [-0.1, -0.05) is 39.7 Å². The van der Waals surface area contributed by atoms with Crippen molar-refractivity contribution in [2.75, 3.05) is 0 Å². The summed E-state index contributed by atoms with van der Waals surface area (Å²) in [4.78, 5) is 12.2. The first-order chi connectivity index (χ1) is 9.06. The Hall–Kier alpha value is -1.32. The first-order valence-electron chi connectivity index (χ1n) is 5.78. The third-order valence-electron chi connectivity index (χ3n) is 2.60. The fourth-order valence-corrected chi connectivity index (χ4v) is 2.10. The zero-order valence-corrected chi connectivity index (χ0v) is 12.6. The van der Waals surface area contributed by atoms with Gasteiger partial charge in [-0.15, -0.1) is 0 Å². The number of hydrogen-bond acceptors (Lipinski definition) is 2. The van der Waals surface area contributed by atoms with Gasteiger partial charge in [0.1, 0.15) is 5.75 Å². The van der Waals surface area contributed by atoms with Gasteiger partial charge in [0, 0.05) is 15.1 Å². The molecule has 0 amide bonds. The first kappa shape index (κ1) is 14.1. The molecule has 98 valence electrons. The Bertz CT molecular complexity index is 581. The minimum atomic E-state index is -0.556. The molecule has 2 aromatic rings. The number of ether oxygens (including phenoxy) is 1. The molecule has 0 saturated carbocycles. The van der Waals surface area contributed by atoms with Crippen LogP contribution in [0.3, 0.4) is 0 Å². The van der Waals surface area contributed by atoms with Crippen molar-refractivity contribution >= 4 is 33.3 Å². The van der Waals surface area contributed by atoms with Gasteiger partial charge in [0.25, 0.3) is 0 Å². The van der Waals surface area contributed by atoms with Crippen LogP contribution in [-0.4, -0.2) is 11.9 Å². The van der Waals surface area contributed by atoms with Crippen LogP contribution in [0, 0.1) is 0 Å². The number of ketones is 1. The lowest BCUT2D eigenvalue weighted by atomic mass is 10.1. The first-order valence-corrected chi connectivity index (χ1v) is 6.95. The Morgan fingerprint density at radius 3 is 2.53 bits per heavy atom. The Morgan fingerprint density at radius 2 is 1.89 bits per heavy atom. The predicted octanol–water partition coefficient (Wildman–Crippen LogP) is 4.75. The van der Waals surface area contributed by atoms with Crippen molar-refractivity contribution in [3.63, 3.8) is 0 Å². The third-order valence-corrected chi connectivity index (χ3v) is 3.37. The summed E-state index contributed by atoms with van der Waals surface area (Å²) in [5.74, 6) is 0.566. The molecule has 1 atom stereocenters. The van der Waals surface area contributed by atoms with Gasteiger partial charge in [0.15, 0.2) is 6.10 Å². The lowest BCUT2D eigenvalue weighted by molar-refractivity contribution is 0.0818. The number of halogens is 2. The van der Waals surface area contributed by atoms with Crippen molar-refractivity contribution in [3.8, 4) is 5.75 Å². The summed E-state index contributed by atoms with van der Waals surface area (Å²) < 4.78 is 6.58. The maximum absolute atomic E-state index is 12.2. The highest BCUT2D eigenvalue weighted by atomic mass is 79.9. The molecule has 19 heavy (non-hydrogen) atoms. The normalized spacial score (nSPS) is 11.9. The maximum atomic E-state index is 12.2. The Kier molecular flexibility index (Phi) is 4.61. The fourth-order valence-electron chi connectivity index (χ4n) is 1.65. The standard InChI is InChI=1S/C15H12BrClO2/c1-10(19-14-7-5-12(16)6-8-14)15(18)11-3-2-4-13(17)9-11/h2-10H,1H3/t10-/m1/s1. The molecule has 2 aromatic carbocycles. The minimum Gasteiger partial charge on any atom is -0.483 e. The molecule has 0 fully saturated rings. The van der Waals surface area contributed by atoms with Crippen LogP contribution < -0.4 is 4.74 Å². The Morgan fingerprint density at radius 1 is 1.21 bits per heavy atom. The second-order valence-electron chi connectivity index (χ2n) is 4.09. The molecule has 0 saturated heterocycles. The van der Waals surface area contributed by atoms with E-state index in [0.29, 0.717) is 16.3 Å². The molecule has 0 aromatic heterocycles. The number of hydrogen-bond donors (Lipinski definition) is 0. The molecule has 0 heterocycles. The largest absolute Gasteiger partial charge is 0.483 e. The molecule has 0 aliphatic rings. The highest BCUT2D eigenvalue weighted by molar-refractivity contribution is 9.10. The van der Waals surface area contributed by atoms with E-state index in [-0.39, 0.29) is 5.78 Å². The predicted molar refractivity (Wildman–Crippen MR) is 80.0 cm³/mol. The van der Waals surface area contributed by atoms with Crippen molar-refractivity contribution in [2.45, 2.75) is 13.0 Å². The van der Waals surface area contributed by atoms with Crippen LogP contribution in [0.5, 0.6) is 5.75 Å². The second-order valence-corrected chi connectivity index (χ2v) is 5.44. The van der Waals surface area contributed by atoms with Crippen molar-refractivity contribution in [1.29, 1.82) is 0 Å². The van der Waals surface area contributed by atoms with E-state index in [2.05, 4.69) is 15.9 Å². The molecule has 2 nitrogen and oxygen atoms in total. The van der Waals surface area contributed by atoms with Crippen LogP contribution in [0.15, 0.2) is 53.0 Å². The monoisotopic (exact) mass is 338 g/mol. The molecule has 0 N–H and O–H groups in total. The highest BCUT2D eigenvalue weighted by Gasteiger charge is 2.17. The molecule has 4 heteroatoms. The van der Waals surface area contributed by atoms with Crippen LogP contribution in [0.4, 0.5) is 0 Å². The van der Waals surface area contributed by atoms with E-state index >= 15 is 0 Å². The average Bonchev–Trinajstić information content (AvgIpc) is 2.40. The maximum Gasteiger partial charge on any atom is 0.203 e. The van der Waals surface area contributed by atoms with E-state index < -0.39 is 6.10 Å². The summed E-state index contributed by atoms with van der Waals surface area (Å²) in [6.45, 7) is 1.73. The molecular formula is C15H12BrClO2. The van der Waals surface area contributed by atoms with Crippen molar-refractivity contribution in [3.05, 3.63) is 63.6 Å². The van der Waals surface area contributed by atoms with Crippen molar-refractivity contribution in [1.82, 2.24) is 0 Å². The van der Waals surface area contributed by atoms with Gasteiger partial charge in [-0.05, 0) is 43.3 Å². The van der Waals surface area contributed by atoms with Gasteiger partial charge in [0.2, 0.25) is 5.78 Å². The van der Waals surface area contributed by atoms with Gasteiger partial charge in [-0.3, -0.25) is 4.79 Å². The summed E-state index contributed by atoms with van der Waals surface area (Å²) in [6, 6.07) is 14.2. The number of carbonyl (C=O) groups is 1. The van der Waals surface area contributed by atoms with E-state index in [1.165, 1.54) is 0 Å². The fraction of sp³-hybridized carbons (Fsp3) is 0.133. The van der Waals surface area contributed by atoms with Gasteiger partial charge >= 0.3 is 0 Å². The van der Waals surface area contributed by atoms with Gasteiger partial charge in [-0.2, -0.15) is 0 Å². The van der Waals surface area contributed by atoms with E-state index in [0.717, 1.165) is 4.47 Å². The number of Topliss-reactive ketones (excluding diaryl/α,β-unsaturated/α-hetero) is 1. The minimum absolute atomic E-state index is 0.0922. The quantitative estimate of drug-likeness (QED) is 0.751. The summed E-state index contributed by atoms with van der Waals surface area (Å²) in [6.07, 6.45) is -0.556. The van der Waals surface area contributed by atoms with Crippen molar-refractivity contribution < 1.29 is 9.53 Å². The highest BCUT2D eigenvalue weighted by Crippen LogP contribution is 2.19. The SMILES string of the molecule is C[C@@H](Oc1ccc(Br)cc1)C(=O)c1cccc(Cl)c1. The number of benzene rings is 2. The molecule has 0 aliphatic carbocycles. The van der Waals surface area contributed by atoms with Crippen molar-refractivity contribution in [2.24, 2.45) is 0 Å². The van der Waals surface area contributed by atoms with Crippen LogP contribution in [0.2, 0.25) is 5.02 Å². The topological polar surface area (TPSA) is 26.3 Å². The summed E-state index contributed by atoms with van der Waals surface area (Å²) in [5.41, 5.74) is 0.553. The van der Waals surface area contributed by atoms with E-state index in [1.54, 1.807) is 31.2 Å². The van der Waals surface area contributed by atoms with E-state index in [1.807, 2.05) is 24.3 Å². The molecule has 2 rings (SSSR count). The molecule has 0 spiro atoms. The number of carbonyl (C=O) groups excluding carboxylic acids is 1. The lowest BCUT2D eigenvalue weighted by Crippen LogP contribution is -2.23. The van der Waals surface area contributed by atoms with Crippen LogP contribution in [-0.2, 0) is 0 Å². The average molecular weight is 340 g/mol. The number of rotatable bonds is 4. The van der Waals surface area contributed by atoms with Gasteiger partial charge in [0.05, 0.1) is 0 Å². The Balaban J connectivity index is 2.09. The van der Waals surface area contributed by atoms with Gasteiger partial charge in [-0.25, -0.2) is 0 Å². The third kappa shape index (κ3) is 3.82. The lowest BCUT2D eigenvalue weighted by Gasteiger charge is -2.13. The zero-order valence-electron chi connectivity index (χ0n) is 10.3. The Labute approximate surface area is 125 Å². The smallest absolute Gasteiger partial charge is 0.203 e. The summed E-state index contributed by atoms with van der Waals surface area (Å²) in [7, 11) is 0. The summed E-state index contributed by atoms with van der Waals surface area (Å²) in [5, 5.41) is 0.543. The molecular weight excluding hydrogens is 328 g/mol. The molecule has 0 radical (unpaired) electrons. The van der Waals surface area contributed by atoms with E-state index in [4.69, 9.17) is 16.3 Å². The van der Waals surface area contributed by atoms with E-state index in [9.17, 15) is 4.79 Å². The molecule has 0 unspecified atom stereocenters. The molecule has 0 aliphatic heterocycles. The molecule has 0 bridgehead atoms. The van der Waals surface area contributed by atoms with Crippen LogP contribution in [0.1, 0.15) is 17.3 Å². The van der Waals surface area contributed by atoms with Gasteiger partial charge < -0.3 is 4.74 Å². The van der Waals surface area contributed by atoms with Crippen LogP contribution in [0.25, 0.3) is 0 Å². The zero-order chi connectivity index (χ0) is 13.8. The second kappa shape index (κ2) is 6.22.